The van der Waals surface area contributed by atoms with Crippen molar-refractivity contribution in [1.82, 2.24) is 5.32 Å². The minimum atomic E-state index is 0.297. The number of hydrogen-bond acceptors (Lipinski definition) is 4. The highest BCUT2D eigenvalue weighted by Gasteiger charge is 2.17. The van der Waals surface area contributed by atoms with Gasteiger partial charge in [-0.25, -0.2) is 0 Å². The van der Waals surface area contributed by atoms with Gasteiger partial charge in [0, 0.05) is 18.2 Å². The SMILES string of the molecule is CCNCc1cc2c(cc1OCC)OCO2. The van der Waals surface area contributed by atoms with Gasteiger partial charge in [0.15, 0.2) is 11.5 Å². The lowest BCUT2D eigenvalue weighted by Gasteiger charge is -2.11. The number of nitrogens with one attached hydrogen (secondary N) is 1. The lowest BCUT2D eigenvalue weighted by atomic mass is 10.1. The zero-order valence-electron chi connectivity index (χ0n) is 9.71. The second kappa shape index (κ2) is 5.07. The molecule has 16 heavy (non-hydrogen) atoms. The van der Waals surface area contributed by atoms with Gasteiger partial charge in [0.1, 0.15) is 5.75 Å². The summed E-state index contributed by atoms with van der Waals surface area (Å²) < 4.78 is 16.3. The fourth-order valence-electron chi connectivity index (χ4n) is 1.65. The molecule has 0 saturated carbocycles. The van der Waals surface area contributed by atoms with Crippen molar-refractivity contribution in [3.63, 3.8) is 0 Å². The summed E-state index contributed by atoms with van der Waals surface area (Å²) >= 11 is 0. The van der Waals surface area contributed by atoms with Crippen LogP contribution in [0.4, 0.5) is 0 Å². The molecule has 4 nitrogen and oxygen atoms in total. The van der Waals surface area contributed by atoms with E-state index in [-0.39, 0.29) is 0 Å². The van der Waals surface area contributed by atoms with Crippen molar-refractivity contribution in [1.29, 1.82) is 0 Å². The average molecular weight is 223 g/mol. The molecule has 1 aromatic carbocycles. The molecule has 4 heteroatoms. The standard InChI is InChI=1S/C12H17NO3/c1-3-13-7-9-5-11-12(16-8-15-11)6-10(9)14-4-2/h5-6,13H,3-4,7-8H2,1-2H3. The van der Waals surface area contributed by atoms with Crippen LogP contribution in [0.5, 0.6) is 17.2 Å². The zero-order valence-corrected chi connectivity index (χ0v) is 9.71. The van der Waals surface area contributed by atoms with Crippen LogP contribution in [-0.2, 0) is 6.54 Å². The van der Waals surface area contributed by atoms with E-state index in [1.165, 1.54) is 0 Å². The molecule has 0 amide bonds. The summed E-state index contributed by atoms with van der Waals surface area (Å²) in [5.74, 6) is 2.44. The molecule has 0 spiro atoms. The predicted octanol–water partition coefficient (Wildman–Crippen LogP) is 1.92. The van der Waals surface area contributed by atoms with E-state index in [1.54, 1.807) is 0 Å². The van der Waals surface area contributed by atoms with Gasteiger partial charge in [-0.2, -0.15) is 0 Å². The highest BCUT2D eigenvalue weighted by atomic mass is 16.7. The van der Waals surface area contributed by atoms with Crippen LogP contribution >= 0.6 is 0 Å². The summed E-state index contributed by atoms with van der Waals surface area (Å²) in [6, 6.07) is 3.88. The number of hydrogen-bond donors (Lipinski definition) is 1. The largest absolute Gasteiger partial charge is 0.493 e. The Balaban J connectivity index is 2.25. The van der Waals surface area contributed by atoms with E-state index in [0.29, 0.717) is 13.4 Å². The van der Waals surface area contributed by atoms with Crippen molar-refractivity contribution >= 4 is 0 Å². The zero-order chi connectivity index (χ0) is 11.4. The van der Waals surface area contributed by atoms with E-state index >= 15 is 0 Å². The summed E-state index contributed by atoms with van der Waals surface area (Å²) in [6.07, 6.45) is 0. The van der Waals surface area contributed by atoms with E-state index in [1.807, 2.05) is 19.1 Å². The molecular weight excluding hydrogens is 206 g/mol. The fraction of sp³-hybridized carbons (Fsp3) is 0.500. The molecule has 0 bridgehead atoms. The van der Waals surface area contributed by atoms with Gasteiger partial charge in [-0.1, -0.05) is 6.92 Å². The van der Waals surface area contributed by atoms with E-state index < -0.39 is 0 Å². The lowest BCUT2D eigenvalue weighted by molar-refractivity contribution is 0.173. The molecule has 0 atom stereocenters. The summed E-state index contributed by atoms with van der Waals surface area (Å²) in [7, 11) is 0. The highest BCUT2D eigenvalue weighted by molar-refractivity contribution is 5.51. The van der Waals surface area contributed by atoms with Gasteiger partial charge >= 0.3 is 0 Å². The van der Waals surface area contributed by atoms with Crippen LogP contribution in [0.25, 0.3) is 0 Å². The van der Waals surface area contributed by atoms with Gasteiger partial charge in [-0.05, 0) is 19.5 Å². The molecule has 1 heterocycles. The average Bonchev–Trinajstić information content (AvgIpc) is 2.73. The molecule has 0 saturated heterocycles. The van der Waals surface area contributed by atoms with Crippen molar-refractivity contribution in [2.45, 2.75) is 20.4 Å². The minimum Gasteiger partial charge on any atom is -0.493 e. The number of ether oxygens (including phenoxy) is 3. The smallest absolute Gasteiger partial charge is 0.231 e. The van der Waals surface area contributed by atoms with Gasteiger partial charge < -0.3 is 19.5 Å². The second-order valence-corrected chi connectivity index (χ2v) is 3.53. The molecule has 0 aromatic heterocycles. The van der Waals surface area contributed by atoms with Crippen molar-refractivity contribution in [2.75, 3.05) is 19.9 Å². The summed E-state index contributed by atoms with van der Waals surface area (Å²) in [4.78, 5) is 0. The van der Waals surface area contributed by atoms with Crippen molar-refractivity contribution < 1.29 is 14.2 Å². The molecule has 88 valence electrons. The first-order valence-electron chi connectivity index (χ1n) is 5.61. The van der Waals surface area contributed by atoms with Gasteiger partial charge in [0.05, 0.1) is 6.61 Å². The van der Waals surface area contributed by atoms with E-state index in [9.17, 15) is 0 Å². The van der Waals surface area contributed by atoms with Crippen LogP contribution < -0.4 is 19.5 Å². The third-order valence-electron chi connectivity index (χ3n) is 2.42. The maximum atomic E-state index is 5.58. The first kappa shape index (κ1) is 11.1. The summed E-state index contributed by atoms with van der Waals surface area (Å²) in [5.41, 5.74) is 1.10. The highest BCUT2D eigenvalue weighted by Crippen LogP contribution is 2.38. The van der Waals surface area contributed by atoms with Crippen LogP contribution in [0, 0.1) is 0 Å². The maximum absolute atomic E-state index is 5.58. The van der Waals surface area contributed by atoms with Gasteiger partial charge in [-0.15, -0.1) is 0 Å². The van der Waals surface area contributed by atoms with Crippen LogP contribution in [0.15, 0.2) is 12.1 Å². The Labute approximate surface area is 95.5 Å². The summed E-state index contributed by atoms with van der Waals surface area (Å²) in [5, 5.41) is 3.28. The van der Waals surface area contributed by atoms with Crippen LogP contribution in [-0.4, -0.2) is 19.9 Å². The molecule has 2 rings (SSSR count). The lowest BCUT2D eigenvalue weighted by Crippen LogP contribution is -2.12. The van der Waals surface area contributed by atoms with E-state index in [2.05, 4.69) is 12.2 Å². The molecular formula is C12H17NO3. The van der Waals surface area contributed by atoms with Crippen molar-refractivity contribution in [2.24, 2.45) is 0 Å². The quantitative estimate of drug-likeness (QED) is 0.828. The van der Waals surface area contributed by atoms with Gasteiger partial charge in [0.25, 0.3) is 0 Å². The topological polar surface area (TPSA) is 39.7 Å². The monoisotopic (exact) mass is 223 g/mol. The second-order valence-electron chi connectivity index (χ2n) is 3.53. The molecule has 0 aliphatic carbocycles. The van der Waals surface area contributed by atoms with Gasteiger partial charge in [-0.3, -0.25) is 0 Å². The molecule has 1 N–H and O–H groups in total. The molecule has 0 radical (unpaired) electrons. The normalized spacial score (nSPS) is 12.9. The molecule has 0 unspecified atom stereocenters. The van der Waals surface area contributed by atoms with Gasteiger partial charge in [0.2, 0.25) is 6.79 Å². The Morgan fingerprint density at radius 2 is 2.00 bits per heavy atom. The van der Waals surface area contributed by atoms with E-state index in [4.69, 9.17) is 14.2 Å². The van der Waals surface area contributed by atoms with Crippen LogP contribution in [0.1, 0.15) is 19.4 Å². The maximum Gasteiger partial charge on any atom is 0.231 e. The summed E-state index contributed by atoms with van der Waals surface area (Å²) in [6.45, 7) is 6.71. The molecule has 1 aliphatic heterocycles. The molecule has 0 fully saturated rings. The number of fused-ring (bicyclic) bond motifs is 1. The first-order valence-corrected chi connectivity index (χ1v) is 5.61. The van der Waals surface area contributed by atoms with Crippen molar-refractivity contribution in [3.8, 4) is 17.2 Å². The fourth-order valence-corrected chi connectivity index (χ4v) is 1.65. The Morgan fingerprint density at radius 1 is 1.25 bits per heavy atom. The molecule has 1 aromatic rings. The van der Waals surface area contributed by atoms with E-state index in [0.717, 1.165) is 35.9 Å². The Bertz CT molecular complexity index is 366. The molecule has 1 aliphatic rings. The Hall–Kier alpha value is -1.42. The first-order chi connectivity index (χ1) is 7.85. The third kappa shape index (κ3) is 2.22. The van der Waals surface area contributed by atoms with Crippen LogP contribution in [0.3, 0.4) is 0 Å². The number of rotatable bonds is 5. The van der Waals surface area contributed by atoms with Crippen LogP contribution in [0.2, 0.25) is 0 Å². The van der Waals surface area contributed by atoms with Crippen molar-refractivity contribution in [3.05, 3.63) is 17.7 Å². The Morgan fingerprint density at radius 3 is 2.69 bits per heavy atom. The third-order valence-corrected chi connectivity index (χ3v) is 2.42. The predicted molar refractivity (Wildman–Crippen MR) is 61.1 cm³/mol. The Kier molecular flexibility index (Phi) is 3.51. The number of benzene rings is 1. The minimum absolute atomic E-state index is 0.297.